The van der Waals surface area contributed by atoms with E-state index in [0.29, 0.717) is 0 Å². The van der Waals surface area contributed by atoms with Crippen LogP contribution in [0.4, 0.5) is 0 Å². The van der Waals surface area contributed by atoms with Crippen molar-refractivity contribution in [3.63, 3.8) is 0 Å². The van der Waals surface area contributed by atoms with Gasteiger partial charge in [0.2, 0.25) is 5.91 Å². The van der Waals surface area contributed by atoms with Gasteiger partial charge >= 0.3 is 0 Å². The van der Waals surface area contributed by atoms with Gasteiger partial charge in [-0.25, -0.2) is 0 Å². The van der Waals surface area contributed by atoms with Gasteiger partial charge < -0.3 is 11.1 Å². The Morgan fingerprint density at radius 2 is 1.90 bits per heavy atom. The zero-order valence-corrected chi connectivity index (χ0v) is 13.3. The molecule has 0 aliphatic rings. The van der Waals surface area contributed by atoms with Crippen LogP contribution in [0.1, 0.15) is 30.3 Å². The summed E-state index contributed by atoms with van der Waals surface area (Å²) in [5.41, 5.74) is 7.04. The number of rotatable bonds is 6. The first-order valence-electron chi connectivity index (χ1n) is 7.21. The lowest BCUT2D eigenvalue weighted by molar-refractivity contribution is -0.125. The second-order valence-electron chi connectivity index (χ2n) is 5.41. The van der Waals surface area contributed by atoms with E-state index in [2.05, 4.69) is 23.5 Å². The number of carbonyl (C=O) groups is 1. The minimum absolute atomic E-state index is 0.00102. The molecule has 1 heterocycles. The first-order chi connectivity index (χ1) is 10.1. The summed E-state index contributed by atoms with van der Waals surface area (Å²) in [6.07, 6.45) is 0.790. The summed E-state index contributed by atoms with van der Waals surface area (Å²) >= 11 is 1.67. The Kier molecular flexibility index (Phi) is 5.53. The van der Waals surface area contributed by atoms with Crippen molar-refractivity contribution in [3.05, 3.63) is 58.3 Å². The zero-order chi connectivity index (χ0) is 15.2. The highest BCUT2D eigenvalue weighted by Crippen LogP contribution is 2.23. The molecule has 0 bridgehead atoms. The molecule has 3 unspecified atom stereocenters. The highest BCUT2D eigenvalue weighted by Gasteiger charge is 2.22. The Morgan fingerprint density at radius 3 is 2.48 bits per heavy atom. The third-order valence-corrected chi connectivity index (χ3v) is 4.67. The first-order valence-corrected chi connectivity index (χ1v) is 8.09. The van der Waals surface area contributed by atoms with Gasteiger partial charge in [-0.15, -0.1) is 11.3 Å². The van der Waals surface area contributed by atoms with Crippen LogP contribution in [0.3, 0.4) is 0 Å². The van der Waals surface area contributed by atoms with Crippen LogP contribution in [0.25, 0.3) is 0 Å². The molecule has 1 aromatic carbocycles. The van der Waals surface area contributed by atoms with E-state index in [9.17, 15) is 4.79 Å². The first kappa shape index (κ1) is 15.7. The maximum atomic E-state index is 12.3. The van der Waals surface area contributed by atoms with Gasteiger partial charge in [-0.05, 0) is 30.4 Å². The van der Waals surface area contributed by atoms with Crippen LogP contribution in [0, 0.1) is 5.92 Å². The molecule has 0 aliphatic carbocycles. The molecule has 3 atom stereocenters. The fourth-order valence-corrected chi connectivity index (χ4v) is 2.88. The van der Waals surface area contributed by atoms with E-state index in [0.717, 1.165) is 6.42 Å². The molecule has 0 aliphatic heterocycles. The topological polar surface area (TPSA) is 55.1 Å². The fourth-order valence-electron chi connectivity index (χ4n) is 2.10. The molecular formula is C17H22N2OS. The van der Waals surface area contributed by atoms with Crippen molar-refractivity contribution in [2.45, 2.75) is 32.4 Å². The zero-order valence-electron chi connectivity index (χ0n) is 12.5. The molecule has 1 aromatic heterocycles. The quantitative estimate of drug-likeness (QED) is 0.861. The molecule has 0 spiro atoms. The summed E-state index contributed by atoms with van der Waals surface area (Å²) in [6.45, 7) is 3.73. The number of amides is 1. The van der Waals surface area contributed by atoms with Crippen molar-refractivity contribution in [2.75, 3.05) is 0 Å². The minimum Gasteiger partial charge on any atom is -0.348 e. The van der Waals surface area contributed by atoms with E-state index in [1.54, 1.807) is 11.3 Å². The van der Waals surface area contributed by atoms with Gasteiger partial charge in [0.05, 0.1) is 6.04 Å². The molecule has 4 heteroatoms. The largest absolute Gasteiger partial charge is 0.348 e. The van der Waals surface area contributed by atoms with Crippen molar-refractivity contribution >= 4 is 17.2 Å². The molecule has 1 amide bonds. The van der Waals surface area contributed by atoms with E-state index >= 15 is 0 Å². The average molecular weight is 302 g/mol. The maximum Gasteiger partial charge on any atom is 0.224 e. The van der Waals surface area contributed by atoms with E-state index in [1.807, 2.05) is 43.5 Å². The molecule has 0 fully saturated rings. The van der Waals surface area contributed by atoms with Gasteiger partial charge in [0.1, 0.15) is 0 Å². The number of nitrogens with two attached hydrogens (primary N) is 1. The highest BCUT2D eigenvalue weighted by atomic mass is 32.1. The normalized spacial score (nSPS) is 15.2. The number of nitrogens with one attached hydrogen (secondary N) is 1. The summed E-state index contributed by atoms with van der Waals surface area (Å²) in [5.74, 6) is -0.178. The molecular weight excluding hydrogens is 280 g/mol. The number of benzene rings is 1. The van der Waals surface area contributed by atoms with Crippen LogP contribution in [0.5, 0.6) is 0 Å². The standard InChI is InChI=1S/C17H22N2OS/c1-12(13(2)18)17(20)19-15(16-9-6-10-21-16)11-14-7-4-3-5-8-14/h3-10,12-13,15H,11,18H2,1-2H3,(H,19,20). The summed E-state index contributed by atoms with van der Waals surface area (Å²) in [5, 5.41) is 5.18. The summed E-state index contributed by atoms with van der Waals surface area (Å²) in [7, 11) is 0. The third kappa shape index (κ3) is 4.41. The van der Waals surface area contributed by atoms with Crippen LogP contribution in [0.2, 0.25) is 0 Å². The highest BCUT2D eigenvalue weighted by molar-refractivity contribution is 7.10. The number of hydrogen-bond acceptors (Lipinski definition) is 3. The number of hydrogen-bond donors (Lipinski definition) is 2. The van der Waals surface area contributed by atoms with Gasteiger partial charge in [0.15, 0.2) is 0 Å². The fraction of sp³-hybridized carbons (Fsp3) is 0.353. The SMILES string of the molecule is CC(N)C(C)C(=O)NC(Cc1ccccc1)c1cccs1. The van der Waals surface area contributed by atoms with Gasteiger partial charge in [0, 0.05) is 16.8 Å². The van der Waals surface area contributed by atoms with Gasteiger partial charge in [-0.1, -0.05) is 43.3 Å². The molecule has 0 saturated carbocycles. The Labute approximate surface area is 130 Å². The molecule has 21 heavy (non-hydrogen) atoms. The Hall–Kier alpha value is -1.65. The number of carbonyl (C=O) groups excluding carboxylic acids is 1. The summed E-state index contributed by atoms with van der Waals surface area (Å²) < 4.78 is 0. The van der Waals surface area contributed by atoms with E-state index in [1.165, 1.54) is 10.4 Å². The predicted molar refractivity (Wildman–Crippen MR) is 88.2 cm³/mol. The van der Waals surface area contributed by atoms with Crippen LogP contribution >= 0.6 is 11.3 Å². The minimum atomic E-state index is -0.191. The molecule has 0 radical (unpaired) electrons. The van der Waals surface area contributed by atoms with Crippen molar-refractivity contribution in [3.8, 4) is 0 Å². The van der Waals surface area contributed by atoms with E-state index in [4.69, 9.17) is 5.73 Å². The van der Waals surface area contributed by atoms with Crippen molar-refractivity contribution in [1.82, 2.24) is 5.32 Å². The smallest absolute Gasteiger partial charge is 0.224 e. The lowest BCUT2D eigenvalue weighted by atomic mass is 10.0. The van der Waals surface area contributed by atoms with Crippen LogP contribution in [0.15, 0.2) is 47.8 Å². The molecule has 3 nitrogen and oxygen atoms in total. The number of thiophene rings is 1. The third-order valence-electron chi connectivity index (χ3n) is 3.69. The monoisotopic (exact) mass is 302 g/mol. The molecule has 2 rings (SSSR count). The molecule has 0 saturated heterocycles. The summed E-state index contributed by atoms with van der Waals surface area (Å²) in [4.78, 5) is 13.5. The Balaban J connectivity index is 2.12. The van der Waals surface area contributed by atoms with Crippen LogP contribution < -0.4 is 11.1 Å². The summed E-state index contributed by atoms with van der Waals surface area (Å²) in [6, 6.07) is 14.1. The van der Waals surface area contributed by atoms with Crippen LogP contribution in [-0.4, -0.2) is 11.9 Å². The van der Waals surface area contributed by atoms with E-state index in [-0.39, 0.29) is 23.9 Å². The molecule has 2 aromatic rings. The van der Waals surface area contributed by atoms with Crippen molar-refractivity contribution in [2.24, 2.45) is 11.7 Å². The predicted octanol–water partition coefficient (Wildman–Crippen LogP) is 3.13. The lowest BCUT2D eigenvalue weighted by Crippen LogP contribution is -2.40. The maximum absolute atomic E-state index is 12.3. The molecule has 3 N–H and O–H groups in total. The van der Waals surface area contributed by atoms with Gasteiger partial charge in [-0.2, -0.15) is 0 Å². The van der Waals surface area contributed by atoms with Crippen molar-refractivity contribution < 1.29 is 4.79 Å². The van der Waals surface area contributed by atoms with Gasteiger partial charge in [-0.3, -0.25) is 4.79 Å². The molecule has 112 valence electrons. The Morgan fingerprint density at radius 1 is 1.19 bits per heavy atom. The average Bonchev–Trinajstić information content (AvgIpc) is 3.00. The second kappa shape index (κ2) is 7.38. The Bertz CT molecular complexity index is 551. The van der Waals surface area contributed by atoms with Gasteiger partial charge in [0.25, 0.3) is 0 Å². The van der Waals surface area contributed by atoms with Crippen LogP contribution in [-0.2, 0) is 11.2 Å². The second-order valence-corrected chi connectivity index (χ2v) is 6.39. The van der Waals surface area contributed by atoms with E-state index < -0.39 is 0 Å². The lowest BCUT2D eigenvalue weighted by Gasteiger charge is -2.22. The van der Waals surface area contributed by atoms with Crippen molar-refractivity contribution in [1.29, 1.82) is 0 Å².